The van der Waals surface area contributed by atoms with Crippen molar-refractivity contribution < 1.29 is 4.79 Å². The van der Waals surface area contributed by atoms with Crippen molar-refractivity contribution in [3.8, 4) is 0 Å². The van der Waals surface area contributed by atoms with Gasteiger partial charge in [-0.25, -0.2) is 4.99 Å². The zero-order valence-electron chi connectivity index (χ0n) is 12.9. The molecule has 5 nitrogen and oxygen atoms in total. The lowest BCUT2D eigenvalue weighted by atomic mass is 10.2. The maximum Gasteiger partial charge on any atom is 0.248 e. The molecule has 1 aromatic carbocycles. The molecular weight excluding hydrogens is 264 g/mol. The van der Waals surface area contributed by atoms with Crippen molar-refractivity contribution in [2.24, 2.45) is 4.99 Å². The zero-order valence-corrected chi connectivity index (χ0v) is 12.9. The molecule has 0 saturated heterocycles. The lowest BCUT2D eigenvalue weighted by molar-refractivity contribution is -0.117. The molecule has 0 atom stereocenters. The molecule has 1 aliphatic heterocycles. The van der Waals surface area contributed by atoms with Crippen molar-refractivity contribution in [2.45, 2.75) is 26.7 Å². The van der Waals surface area contributed by atoms with Crippen molar-refractivity contribution in [1.29, 1.82) is 0 Å². The molecule has 0 aliphatic carbocycles. The quantitative estimate of drug-likeness (QED) is 0.638. The fourth-order valence-electron chi connectivity index (χ4n) is 2.41. The number of fused-ring (bicyclic) bond motifs is 1. The molecule has 0 bridgehead atoms. The Morgan fingerprint density at radius 1 is 1.29 bits per heavy atom. The van der Waals surface area contributed by atoms with E-state index in [-0.39, 0.29) is 12.5 Å². The first-order chi connectivity index (χ1) is 10.3. The minimum atomic E-state index is 0.0497. The molecule has 5 heteroatoms. The Hall–Kier alpha value is -2.04. The minimum Gasteiger partial charge on any atom is -0.357 e. The van der Waals surface area contributed by atoms with Gasteiger partial charge in [-0.05, 0) is 31.4 Å². The maximum absolute atomic E-state index is 12.4. The van der Waals surface area contributed by atoms with Crippen LogP contribution in [0.2, 0.25) is 0 Å². The molecule has 0 saturated carbocycles. The van der Waals surface area contributed by atoms with Gasteiger partial charge < -0.3 is 15.5 Å². The van der Waals surface area contributed by atoms with Gasteiger partial charge in [-0.1, -0.05) is 25.1 Å². The smallest absolute Gasteiger partial charge is 0.248 e. The summed E-state index contributed by atoms with van der Waals surface area (Å²) in [6.45, 7) is 6.69. The van der Waals surface area contributed by atoms with Crippen molar-refractivity contribution in [1.82, 2.24) is 10.6 Å². The van der Waals surface area contributed by atoms with E-state index in [1.54, 1.807) is 0 Å². The highest BCUT2D eigenvalue weighted by molar-refractivity contribution is 5.98. The van der Waals surface area contributed by atoms with Gasteiger partial charge >= 0.3 is 0 Å². The first kappa shape index (κ1) is 15.4. The third-order valence-corrected chi connectivity index (χ3v) is 3.45. The fourth-order valence-corrected chi connectivity index (χ4v) is 2.41. The molecule has 0 spiro atoms. The van der Waals surface area contributed by atoms with E-state index >= 15 is 0 Å². The summed E-state index contributed by atoms with van der Waals surface area (Å²) in [7, 11) is 0. The average molecular weight is 288 g/mol. The van der Waals surface area contributed by atoms with Crippen LogP contribution in [0, 0.1) is 0 Å². The molecule has 1 aromatic rings. The molecule has 2 rings (SSSR count). The summed E-state index contributed by atoms with van der Waals surface area (Å²) >= 11 is 0. The molecule has 1 amide bonds. The molecule has 1 aliphatic rings. The van der Waals surface area contributed by atoms with Crippen LogP contribution in [-0.4, -0.2) is 38.0 Å². The number of nitrogens with one attached hydrogen (secondary N) is 2. The first-order valence-corrected chi connectivity index (χ1v) is 7.66. The van der Waals surface area contributed by atoms with E-state index in [9.17, 15) is 4.79 Å². The number of aliphatic imine (C=N–C) groups is 1. The average Bonchev–Trinajstić information content (AvgIpc) is 2.94. The monoisotopic (exact) mass is 288 g/mol. The summed E-state index contributed by atoms with van der Waals surface area (Å²) in [5.41, 5.74) is 2.27. The van der Waals surface area contributed by atoms with Crippen LogP contribution in [0.3, 0.4) is 0 Å². The van der Waals surface area contributed by atoms with Crippen molar-refractivity contribution in [2.75, 3.05) is 31.1 Å². The second-order valence-electron chi connectivity index (χ2n) is 5.05. The summed E-state index contributed by atoms with van der Waals surface area (Å²) < 4.78 is 0. The highest BCUT2D eigenvalue weighted by Gasteiger charge is 2.23. The first-order valence-electron chi connectivity index (χ1n) is 7.66. The molecule has 21 heavy (non-hydrogen) atoms. The number of carbonyl (C=O) groups excluding carboxylic acids is 1. The van der Waals surface area contributed by atoms with E-state index in [1.165, 1.54) is 5.56 Å². The van der Waals surface area contributed by atoms with Crippen LogP contribution in [0.4, 0.5) is 5.69 Å². The molecule has 114 valence electrons. The van der Waals surface area contributed by atoms with Gasteiger partial charge in [0.1, 0.15) is 6.54 Å². The number of carbonyl (C=O) groups is 1. The van der Waals surface area contributed by atoms with Crippen LogP contribution in [0.1, 0.15) is 25.8 Å². The predicted molar refractivity (Wildman–Crippen MR) is 86.8 cm³/mol. The zero-order chi connectivity index (χ0) is 15.1. The molecule has 0 radical (unpaired) electrons. The number of benzene rings is 1. The lowest BCUT2D eigenvalue weighted by Gasteiger charge is -2.17. The summed E-state index contributed by atoms with van der Waals surface area (Å²) in [6.07, 6.45) is 1.96. The van der Waals surface area contributed by atoms with E-state index in [0.717, 1.165) is 38.2 Å². The summed E-state index contributed by atoms with van der Waals surface area (Å²) in [5.74, 6) is 0.758. The second kappa shape index (κ2) is 7.67. The Balaban J connectivity index is 1.98. The Bertz CT molecular complexity index is 513. The highest BCUT2D eigenvalue weighted by atomic mass is 16.2. The van der Waals surface area contributed by atoms with Crippen LogP contribution in [-0.2, 0) is 11.2 Å². The summed E-state index contributed by atoms with van der Waals surface area (Å²) in [6, 6.07) is 8.08. The number of rotatable bonds is 5. The lowest BCUT2D eigenvalue weighted by Crippen LogP contribution is -2.39. The van der Waals surface area contributed by atoms with Crippen LogP contribution in [0.25, 0.3) is 0 Å². The number of hydrogen-bond donors (Lipinski definition) is 2. The van der Waals surface area contributed by atoms with Crippen LogP contribution >= 0.6 is 0 Å². The van der Waals surface area contributed by atoms with Gasteiger partial charge in [0, 0.05) is 25.3 Å². The summed E-state index contributed by atoms with van der Waals surface area (Å²) in [4.78, 5) is 18.6. The van der Waals surface area contributed by atoms with E-state index in [2.05, 4.69) is 28.6 Å². The number of anilines is 1. The van der Waals surface area contributed by atoms with Gasteiger partial charge in [-0.2, -0.15) is 0 Å². The standard InChI is InChI=1S/C16H24N4O/c1-3-10-18-16(17-4-2)19-12-15(21)20-11-9-13-7-5-6-8-14(13)20/h5-8H,3-4,9-12H2,1-2H3,(H2,17,18,19). The molecule has 0 fully saturated rings. The van der Waals surface area contributed by atoms with Gasteiger partial charge in [0.25, 0.3) is 0 Å². The molecule has 0 aromatic heterocycles. The Morgan fingerprint density at radius 2 is 2.10 bits per heavy atom. The molecule has 0 unspecified atom stereocenters. The van der Waals surface area contributed by atoms with Crippen LogP contribution in [0.5, 0.6) is 0 Å². The topological polar surface area (TPSA) is 56.7 Å². The Labute approximate surface area is 126 Å². The minimum absolute atomic E-state index is 0.0497. The number of guanidine groups is 1. The third kappa shape index (κ3) is 3.97. The maximum atomic E-state index is 12.4. The molecule has 2 N–H and O–H groups in total. The number of hydrogen-bond acceptors (Lipinski definition) is 2. The molecular formula is C16H24N4O. The number of para-hydroxylation sites is 1. The predicted octanol–water partition coefficient (Wildman–Crippen LogP) is 1.54. The van der Waals surface area contributed by atoms with Gasteiger partial charge in [0.15, 0.2) is 5.96 Å². The molecule has 1 heterocycles. The van der Waals surface area contributed by atoms with Gasteiger partial charge in [-0.15, -0.1) is 0 Å². The SMILES string of the molecule is CCCNC(=NCC(=O)N1CCc2ccccc21)NCC. The fraction of sp³-hybridized carbons (Fsp3) is 0.500. The van der Waals surface area contributed by atoms with Gasteiger partial charge in [0.05, 0.1) is 0 Å². The van der Waals surface area contributed by atoms with Crippen molar-refractivity contribution in [3.05, 3.63) is 29.8 Å². The number of amides is 1. The Kier molecular flexibility index (Phi) is 5.60. The van der Waals surface area contributed by atoms with E-state index < -0.39 is 0 Å². The van der Waals surface area contributed by atoms with E-state index in [4.69, 9.17) is 0 Å². The van der Waals surface area contributed by atoms with Crippen LogP contribution in [0.15, 0.2) is 29.3 Å². The Morgan fingerprint density at radius 3 is 2.86 bits per heavy atom. The second-order valence-corrected chi connectivity index (χ2v) is 5.05. The van der Waals surface area contributed by atoms with E-state index in [0.29, 0.717) is 5.96 Å². The summed E-state index contributed by atoms with van der Waals surface area (Å²) in [5, 5.41) is 6.35. The van der Waals surface area contributed by atoms with Gasteiger partial charge in [-0.3, -0.25) is 4.79 Å². The largest absolute Gasteiger partial charge is 0.357 e. The normalized spacial score (nSPS) is 14.0. The van der Waals surface area contributed by atoms with E-state index in [1.807, 2.05) is 30.0 Å². The number of nitrogens with zero attached hydrogens (tertiary/aromatic N) is 2. The third-order valence-electron chi connectivity index (χ3n) is 3.45. The highest BCUT2D eigenvalue weighted by Crippen LogP contribution is 2.27. The van der Waals surface area contributed by atoms with Crippen molar-refractivity contribution >= 4 is 17.6 Å². The van der Waals surface area contributed by atoms with Crippen molar-refractivity contribution in [3.63, 3.8) is 0 Å². The van der Waals surface area contributed by atoms with Gasteiger partial charge in [0.2, 0.25) is 5.91 Å². The van der Waals surface area contributed by atoms with Crippen LogP contribution < -0.4 is 15.5 Å².